The van der Waals surface area contributed by atoms with Crippen molar-refractivity contribution in [1.82, 2.24) is 10.2 Å². The number of hydrogen-bond acceptors (Lipinski definition) is 2. The lowest BCUT2D eigenvalue weighted by Crippen LogP contribution is -2.45. The zero-order chi connectivity index (χ0) is 14.6. The molecule has 2 heteroatoms. The minimum Gasteiger partial charge on any atom is -0.311 e. The van der Waals surface area contributed by atoms with Crippen molar-refractivity contribution >= 4 is 0 Å². The molecule has 0 heterocycles. The van der Waals surface area contributed by atoms with Crippen LogP contribution in [0.15, 0.2) is 0 Å². The van der Waals surface area contributed by atoms with Crippen LogP contribution in [-0.2, 0) is 0 Å². The molecule has 1 N–H and O–H groups in total. The number of hydrogen-bond donors (Lipinski definition) is 1. The lowest BCUT2D eigenvalue weighted by molar-refractivity contribution is 0.139. The molecule has 0 aromatic rings. The van der Waals surface area contributed by atoms with Gasteiger partial charge in [0.25, 0.3) is 0 Å². The van der Waals surface area contributed by atoms with Gasteiger partial charge in [0, 0.05) is 31.7 Å². The first-order valence-electron chi connectivity index (χ1n) is 7.26. The van der Waals surface area contributed by atoms with Crippen LogP contribution in [0.4, 0.5) is 0 Å². The number of nitrogens with zero attached hydrogens (tertiary/aromatic N) is 1. The first-order chi connectivity index (χ1) is 7.79. The summed E-state index contributed by atoms with van der Waals surface area (Å²) in [5, 5.41) is 3.58. The summed E-state index contributed by atoms with van der Waals surface area (Å²) in [6.45, 7) is 25.1. The fraction of sp³-hybridized carbons (Fsp3) is 1.00. The molecular weight excluding hydrogens is 220 g/mol. The molecule has 18 heavy (non-hydrogen) atoms. The summed E-state index contributed by atoms with van der Waals surface area (Å²) in [6.07, 6.45) is 0. The van der Waals surface area contributed by atoms with Crippen molar-refractivity contribution in [3.05, 3.63) is 0 Å². The summed E-state index contributed by atoms with van der Waals surface area (Å²) >= 11 is 0. The Kier molecular flexibility index (Phi) is 6.35. The minimum absolute atomic E-state index is 0.217. The van der Waals surface area contributed by atoms with Crippen molar-refractivity contribution in [1.29, 1.82) is 0 Å². The Bertz CT molecular complexity index is 209. The molecular formula is C16H36N2. The quantitative estimate of drug-likeness (QED) is 0.805. The minimum atomic E-state index is 0.217. The van der Waals surface area contributed by atoms with Crippen LogP contribution in [0.2, 0.25) is 0 Å². The van der Waals surface area contributed by atoms with Crippen molar-refractivity contribution in [2.45, 2.75) is 67.9 Å². The average molecular weight is 256 g/mol. The van der Waals surface area contributed by atoms with E-state index < -0.39 is 0 Å². The summed E-state index contributed by atoms with van der Waals surface area (Å²) in [7, 11) is 0. The van der Waals surface area contributed by atoms with Crippen molar-refractivity contribution in [2.24, 2.45) is 10.8 Å². The molecule has 0 saturated carbocycles. The van der Waals surface area contributed by atoms with Crippen LogP contribution < -0.4 is 5.32 Å². The summed E-state index contributed by atoms with van der Waals surface area (Å²) in [5.74, 6) is 0. The Labute approximate surface area is 116 Å². The van der Waals surface area contributed by atoms with Gasteiger partial charge in [0.1, 0.15) is 0 Å². The highest BCUT2D eigenvalue weighted by Crippen LogP contribution is 2.20. The SMILES string of the molecule is CC(C)(C)CN(CCNC(C)(C)C)CC(C)(C)C. The molecule has 0 fully saturated rings. The monoisotopic (exact) mass is 256 g/mol. The Morgan fingerprint density at radius 3 is 1.39 bits per heavy atom. The first-order valence-corrected chi connectivity index (χ1v) is 7.26. The predicted molar refractivity (Wildman–Crippen MR) is 83.1 cm³/mol. The number of nitrogens with one attached hydrogen (secondary N) is 1. The van der Waals surface area contributed by atoms with Gasteiger partial charge in [-0.3, -0.25) is 0 Å². The van der Waals surface area contributed by atoms with Crippen molar-refractivity contribution in [3.63, 3.8) is 0 Å². The maximum Gasteiger partial charge on any atom is 0.0107 e. The van der Waals surface area contributed by atoms with Crippen LogP contribution in [-0.4, -0.2) is 36.6 Å². The fourth-order valence-electron chi connectivity index (χ4n) is 2.14. The molecule has 0 rings (SSSR count). The Morgan fingerprint density at radius 1 is 0.722 bits per heavy atom. The van der Waals surface area contributed by atoms with Gasteiger partial charge in [-0.1, -0.05) is 41.5 Å². The van der Waals surface area contributed by atoms with Gasteiger partial charge in [0.05, 0.1) is 0 Å². The normalized spacial score (nSPS) is 14.3. The van der Waals surface area contributed by atoms with E-state index in [1.807, 2.05) is 0 Å². The molecule has 0 unspecified atom stereocenters. The first kappa shape index (κ1) is 17.9. The standard InChI is InChI=1S/C16H36N2/c1-14(2,3)12-18(13-15(4,5)6)11-10-17-16(7,8)9/h17H,10-13H2,1-9H3. The average Bonchev–Trinajstić information content (AvgIpc) is 1.93. The lowest BCUT2D eigenvalue weighted by Gasteiger charge is -2.35. The van der Waals surface area contributed by atoms with Crippen LogP contribution in [0.25, 0.3) is 0 Å². The lowest BCUT2D eigenvalue weighted by atomic mass is 9.92. The van der Waals surface area contributed by atoms with Gasteiger partial charge in [-0.05, 0) is 31.6 Å². The maximum absolute atomic E-state index is 3.58. The predicted octanol–water partition coefficient (Wildman–Crippen LogP) is 3.77. The van der Waals surface area contributed by atoms with Gasteiger partial charge < -0.3 is 10.2 Å². The maximum atomic E-state index is 3.58. The summed E-state index contributed by atoms with van der Waals surface area (Å²) < 4.78 is 0. The second kappa shape index (κ2) is 6.38. The molecule has 0 aromatic carbocycles. The highest BCUT2D eigenvalue weighted by atomic mass is 15.2. The molecule has 0 bridgehead atoms. The van der Waals surface area contributed by atoms with Crippen molar-refractivity contribution in [3.8, 4) is 0 Å². The topological polar surface area (TPSA) is 15.3 Å². The highest BCUT2D eigenvalue weighted by Gasteiger charge is 2.21. The molecule has 0 amide bonds. The third-order valence-electron chi connectivity index (χ3n) is 2.48. The zero-order valence-electron chi connectivity index (χ0n) is 14.3. The third-order valence-corrected chi connectivity index (χ3v) is 2.48. The molecule has 0 saturated heterocycles. The largest absolute Gasteiger partial charge is 0.311 e. The van der Waals surface area contributed by atoms with Gasteiger partial charge in [-0.15, -0.1) is 0 Å². The van der Waals surface area contributed by atoms with Gasteiger partial charge in [-0.25, -0.2) is 0 Å². The van der Waals surface area contributed by atoms with E-state index in [0.717, 1.165) is 26.2 Å². The summed E-state index contributed by atoms with van der Waals surface area (Å²) in [5.41, 5.74) is 0.953. The van der Waals surface area contributed by atoms with E-state index in [9.17, 15) is 0 Å². The van der Waals surface area contributed by atoms with E-state index in [2.05, 4.69) is 72.5 Å². The Morgan fingerprint density at radius 2 is 1.11 bits per heavy atom. The van der Waals surface area contributed by atoms with Gasteiger partial charge in [0.15, 0.2) is 0 Å². The molecule has 0 spiro atoms. The molecule has 0 aromatic heterocycles. The van der Waals surface area contributed by atoms with E-state index in [0.29, 0.717) is 10.8 Å². The Balaban J connectivity index is 4.31. The van der Waals surface area contributed by atoms with Crippen LogP contribution in [0.3, 0.4) is 0 Å². The van der Waals surface area contributed by atoms with Crippen LogP contribution in [0, 0.1) is 10.8 Å². The molecule has 2 nitrogen and oxygen atoms in total. The second-order valence-corrected chi connectivity index (χ2v) is 9.01. The second-order valence-electron chi connectivity index (χ2n) is 9.01. The smallest absolute Gasteiger partial charge is 0.0107 e. The van der Waals surface area contributed by atoms with Crippen LogP contribution in [0.1, 0.15) is 62.3 Å². The Hall–Kier alpha value is -0.0800. The van der Waals surface area contributed by atoms with Crippen LogP contribution >= 0.6 is 0 Å². The van der Waals surface area contributed by atoms with E-state index >= 15 is 0 Å². The van der Waals surface area contributed by atoms with E-state index in [1.165, 1.54) is 0 Å². The van der Waals surface area contributed by atoms with Gasteiger partial charge in [0.2, 0.25) is 0 Å². The van der Waals surface area contributed by atoms with E-state index in [4.69, 9.17) is 0 Å². The van der Waals surface area contributed by atoms with Gasteiger partial charge >= 0.3 is 0 Å². The highest BCUT2D eigenvalue weighted by molar-refractivity contribution is 4.77. The van der Waals surface area contributed by atoms with E-state index in [1.54, 1.807) is 0 Å². The third kappa shape index (κ3) is 12.4. The molecule has 110 valence electrons. The summed E-state index contributed by atoms with van der Waals surface area (Å²) in [6, 6.07) is 0. The zero-order valence-corrected chi connectivity index (χ0v) is 14.3. The molecule has 0 aliphatic heterocycles. The summed E-state index contributed by atoms with van der Waals surface area (Å²) in [4.78, 5) is 2.60. The molecule has 0 aliphatic rings. The van der Waals surface area contributed by atoms with E-state index in [-0.39, 0.29) is 5.54 Å². The van der Waals surface area contributed by atoms with Crippen molar-refractivity contribution < 1.29 is 0 Å². The molecule has 0 radical (unpaired) electrons. The van der Waals surface area contributed by atoms with Crippen molar-refractivity contribution in [2.75, 3.05) is 26.2 Å². The molecule has 0 atom stereocenters. The number of rotatable bonds is 5. The molecule has 0 aliphatic carbocycles. The fourth-order valence-corrected chi connectivity index (χ4v) is 2.14. The van der Waals surface area contributed by atoms with Gasteiger partial charge in [-0.2, -0.15) is 0 Å². The van der Waals surface area contributed by atoms with Crippen LogP contribution in [0.5, 0.6) is 0 Å².